The second-order valence-corrected chi connectivity index (χ2v) is 6.84. The SMILES string of the molecule is O=S(=O)(c1cccnc1)N1CCCCC1c1cnccn1. The summed E-state index contributed by atoms with van der Waals surface area (Å²) in [5.41, 5.74) is 0.699. The van der Waals surface area contributed by atoms with Gasteiger partial charge in [-0.05, 0) is 25.0 Å². The molecule has 1 saturated heterocycles. The first-order chi connectivity index (χ1) is 10.2. The van der Waals surface area contributed by atoms with Gasteiger partial charge in [0.2, 0.25) is 10.0 Å². The molecule has 0 amide bonds. The minimum atomic E-state index is -3.56. The van der Waals surface area contributed by atoms with Crippen LogP contribution in [-0.2, 0) is 10.0 Å². The van der Waals surface area contributed by atoms with E-state index in [4.69, 9.17) is 0 Å². The average Bonchev–Trinajstić information content (AvgIpc) is 2.56. The molecule has 0 aliphatic carbocycles. The van der Waals surface area contributed by atoms with Crippen LogP contribution in [0, 0.1) is 0 Å². The molecule has 1 aliphatic heterocycles. The Bertz CT molecular complexity index is 691. The van der Waals surface area contributed by atoms with Crippen LogP contribution in [0.4, 0.5) is 0 Å². The molecule has 7 heteroatoms. The largest absolute Gasteiger partial charge is 0.263 e. The average molecular weight is 304 g/mol. The van der Waals surface area contributed by atoms with Crippen molar-refractivity contribution in [3.05, 3.63) is 48.8 Å². The predicted octanol–water partition coefficient (Wildman–Crippen LogP) is 1.79. The number of hydrogen-bond donors (Lipinski definition) is 0. The van der Waals surface area contributed by atoms with Gasteiger partial charge in [0.1, 0.15) is 4.90 Å². The second kappa shape index (κ2) is 5.87. The molecule has 0 bridgehead atoms. The molecule has 1 fully saturated rings. The highest BCUT2D eigenvalue weighted by atomic mass is 32.2. The van der Waals surface area contributed by atoms with Crippen molar-refractivity contribution in [3.63, 3.8) is 0 Å². The van der Waals surface area contributed by atoms with Gasteiger partial charge in [0.05, 0.1) is 17.9 Å². The minimum Gasteiger partial charge on any atom is -0.263 e. The summed E-state index contributed by atoms with van der Waals surface area (Å²) in [5.74, 6) is 0. The maximum absolute atomic E-state index is 12.8. The van der Waals surface area contributed by atoms with Crippen molar-refractivity contribution in [2.75, 3.05) is 6.54 Å². The van der Waals surface area contributed by atoms with Gasteiger partial charge in [0.15, 0.2) is 0 Å². The zero-order chi connectivity index (χ0) is 14.7. The number of aromatic nitrogens is 3. The third kappa shape index (κ3) is 2.79. The number of nitrogens with zero attached hydrogens (tertiary/aromatic N) is 4. The van der Waals surface area contributed by atoms with E-state index in [0.29, 0.717) is 12.2 Å². The number of rotatable bonds is 3. The second-order valence-electron chi connectivity index (χ2n) is 4.95. The molecule has 0 spiro atoms. The predicted molar refractivity (Wildman–Crippen MR) is 76.8 cm³/mol. The van der Waals surface area contributed by atoms with Crippen LogP contribution in [0.5, 0.6) is 0 Å². The van der Waals surface area contributed by atoms with Gasteiger partial charge in [-0.15, -0.1) is 0 Å². The third-order valence-corrected chi connectivity index (χ3v) is 5.51. The van der Waals surface area contributed by atoms with E-state index in [2.05, 4.69) is 15.0 Å². The Labute approximate surface area is 123 Å². The lowest BCUT2D eigenvalue weighted by Gasteiger charge is -2.33. The van der Waals surface area contributed by atoms with E-state index in [1.807, 2.05) is 0 Å². The fourth-order valence-corrected chi connectivity index (χ4v) is 4.24. The van der Waals surface area contributed by atoms with Crippen LogP contribution < -0.4 is 0 Å². The van der Waals surface area contributed by atoms with E-state index < -0.39 is 10.0 Å². The van der Waals surface area contributed by atoms with Gasteiger partial charge in [-0.1, -0.05) is 6.42 Å². The Hall–Kier alpha value is -1.86. The summed E-state index contributed by atoms with van der Waals surface area (Å²) in [6.45, 7) is 0.498. The lowest BCUT2D eigenvalue weighted by atomic mass is 10.0. The summed E-state index contributed by atoms with van der Waals surface area (Å²) in [5, 5.41) is 0. The van der Waals surface area contributed by atoms with Gasteiger partial charge in [-0.2, -0.15) is 4.31 Å². The van der Waals surface area contributed by atoms with E-state index in [0.717, 1.165) is 19.3 Å². The normalized spacial score (nSPS) is 20.3. The van der Waals surface area contributed by atoms with E-state index in [-0.39, 0.29) is 10.9 Å². The summed E-state index contributed by atoms with van der Waals surface area (Å²) < 4.78 is 27.1. The highest BCUT2D eigenvalue weighted by Gasteiger charge is 2.35. The quantitative estimate of drug-likeness (QED) is 0.864. The van der Waals surface area contributed by atoms with Crippen LogP contribution in [0.15, 0.2) is 48.0 Å². The minimum absolute atomic E-state index is 0.223. The maximum Gasteiger partial charge on any atom is 0.245 e. The molecule has 21 heavy (non-hydrogen) atoms. The van der Waals surface area contributed by atoms with Gasteiger partial charge in [0.25, 0.3) is 0 Å². The zero-order valence-corrected chi connectivity index (χ0v) is 12.3. The zero-order valence-electron chi connectivity index (χ0n) is 11.5. The summed E-state index contributed by atoms with van der Waals surface area (Å²) in [7, 11) is -3.56. The number of hydrogen-bond acceptors (Lipinski definition) is 5. The van der Waals surface area contributed by atoms with Gasteiger partial charge >= 0.3 is 0 Å². The molecule has 0 N–H and O–H groups in total. The molecule has 6 nitrogen and oxygen atoms in total. The van der Waals surface area contributed by atoms with E-state index in [9.17, 15) is 8.42 Å². The van der Waals surface area contributed by atoms with E-state index in [1.54, 1.807) is 36.9 Å². The molecular formula is C14H16N4O2S. The number of piperidine rings is 1. The van der Waals surface area contributed by atoms with Crippen molar-refractivity contribution < 1.29 is 8.42 Å². The standard InChI is InChI=1S/C14H16N4O2S/c19-21(20,12-4-3-6-15-10-12)18-9-2-1-5-14(18)13-11-16-7-8-17-13/h3-4,6-8,10-11,14H,1-2,5,9H2. The summed E-state index contributed by atoms with van der Waals surface area (Å²) in [6.07, 6.45) is 10.4. The molecule has 0 aromatic carbocycles. The van der Waals surface area contributed by atoms with Crippen molar-refractivity contribution in [2.24, 2.45) is 0 Å². The first-order valence-electron chi connectivity index (χ1n) is 6.87. The van der Waals surface area contributed by atoms with Crippen LogP contribution >= 0.6 is 0 Å². The topological polar surface area (TPSA) is 76.1 Å². The monoisotopic (exact) mass is 304 g/mol. The molecule has 1 atom stereocenters. The molecule has 2 aromatic heterocycles. The van der Waals surface area contributed by atoms with Crippen molar-refractivity contribution in [1.82, 2.24) is 19.3 Å². The molecule has 0 radical (unpaired) electrons. The molecule has 2 aromatic rings. The van der Waals surface area contributed by atoms with Gasteiger partial charge in [0, 0.05) is 31.3 Å². The van der Waals surface area contributed by atoms with Gasteiger partial charge < -0.3 is 0 Å². The molecule has 3 heterocycles. The first-order valence-corrected chi connectivity index (χ1v) is 8.31. The number of sulfonamides is 1. The van der Waals surface area contributed by atoms with Crippen LogP contribution in [0.25, 0.3) is 0 Å². The van der Waals surface area contributed by atoms with Crippen LogP contribution in [-0.4, -0.2) is 34.2 Å². The Balaban J connectivity index is 1.99. The Morgan fingerprint density at radius 3 is 2.67 bits per heavy atom. The smallest absolute Gasteiger partial charge is 0.245 e. The molecule has 1 unspecified atom stereocenters. The van der Waals surface area contributed by atoms with E-state index >= 15 is 0 Å². The molecular weight excluding hydrogens is 288 g/mol. The molecule has 1 aliphatic rings. The maximum atomic E-state index is 12.8. The fourth-order valence-electron chi connectivity index (χ4n) is 2.61. The Morgan fingerprint density at radius 2 is 1.95 bits per heavy atom. The van der Waals surface area contributed by atoms with Gasteiger partial charge in [-0.25, -0.2) is 8.42 Å². The van der Waals surface area contributed by atoms with E-state index in [1.165, 1.54) is 10.5 Å². The van der Waals surface area contributed by atoms with Crippen molar-refractivity contribution in [3.8, 4) is 0 Å². The van der Waals surface area contributed by atoms with Crippen molar-refractivity contribution in [1.29, 1.82) is 0 Å². The van der Waals surface area contributed by atoms with Crippen LogP contribution in [0.1, 0.15) is 31.0 Å². The molecule has 0 saturated carbocycles. The summed E-state index contributed by atoms with van der Waals surface area (Å²) >= 11 is 0. The highest BCUT2D eigenvalue weighted by molar-refractivity contribution is 7.89. The van der Waals surface area contributed by atoms with Crippen molar-refractivity contribution in [2.45, 2.75) is 30.2 Å². The molecule has 3 rings (SSSR count). The fraction of sp³-hybridized carbons (Fsp3) is 0.357. The Morgan fingerprint density at radius 1 is 1.10 bits per heavy atom. The lowest BCUT2D eigenvalue weighted by Crippen LogP contribution is -2.38. The third-order valence-electron chi connectivity index (χ3n) is 3.62. The molecule has 110 valence electrons. The Kier molecular flexibility index (Phi) is 3.94. The number of pyridine rings is 1. The first kappa shape index (κ1) is 14.1. The van der Waals surface area contributed by atoms with Gasteiger partial charge in [-0.3, -0.25) is 15.0 Å². The lowest BCUT2D eigenvalue weighted by molar-refractivity contribution is 0.251. The summed E-state index contributed by atoms with van der Waals surface area (Å²) in [6, 6.07) is 2.96. The van der Waals surface area contributed by atoms with Crippen LogP contribution in [0.3, 0.4) is 0 Å². The summed E-state index contributed by atoms with van der Waals surface area (Å²) in [4.78, 5) is 12.5. The van der Waals surface area contributed by atoms with Crippen LogP contribution in [0.2, 0.25) is 0 Å². The van der Waals surface area contributed by atoms with Crippen molar-refractivity contribution >= 4 is 10.0 Å². The highest BCUT2D eigenvalue weighted by Crippen LogP contribution is 2.33.